The van der Waals surface area contributed by atoms with E-state index in [0.717, 1.165) is 11.1 Å². The van der Waals surface area contributed by atoms with Crippen molar-refractivity contribution >= 4 is 15.9 Å². The Morgan fingerprint density at radius 2 is 1.83 bits per heavy atom. The smallest absolute Gasteiger partial charge is 0.273 e. The maximum Gasteiger partial charge on any atom is 0.273 e. The summed E-state index contributed by atoms with van der Waals surface area (Å²) in [5, 5.41) is 10.3. The summed E-state index contributed by atoms with van der Waals surface area (Å²) < 4.78 is 21.2. The number of pyridine rings is 3. The van der Waals surface area contributed by atoms with Crippen molar-refractivity contribution in [2.75, 3.05) is 0 Å². The van der Waals surface area contributed by atoms with E-state index in [-0.39, 0.29) is 22.5 Å². The molecule has 8 nitrogen and oxygen atoms in total. The summed E-state index contributed by atoms with van der Waals surface area (Å²) in [5.41, 5.74) is 2.69. The molecule has 0 amide bonds. The first-order chi connectivity index (χ1) is 16.9. The van der Waals surface area contributed by atoms with Gasteiger partial charge in [-0.2, -0.15) is 4.39 Å². The van der Waals surface area contributed by atoms with Crippen molar-refractivity contribution in [1.29, 1.82) is 0 Å². The molecule has 0 atom stereocenters. The average molecular weight is 554 g/mol. The normalized spacial score (nSPS) is 11.6. The molecule has 4 rings (SSSR count). The van der Waals surface area contributed by atoms with Crippen LogP contribution >= 0.6 is 15.9 Å². The third-order valence-corrected chi connectivity index (χ3v) is 6.18. The highest BCUT2D eigenvalue weighted by Gasteiger charge is 2.21. The molecule has 0 aliphatic carbocycles. The molecule has 0 unspecified atom stereocenters. The largest absolute Gasteiger partial charge is 0.486 e. The maximum absolute atomic E-state index is 13.6. The number of aromatic nitrogens is 5. The zero-order valence-corrected chi connectivity index (χ0v) is 22.1. The third kappa shape index (κ3) is 5.34. The Bertz CT molecular complexity index is 1490. The highest BCUT2D eigenvalue weighted by atomic mass is 79.9. The number of ether oxygens (including phenoxy) is 1. The Labute approximate surface area is 216 Å². The molecule has 0 fully saturated rings. The molecule has 4 aromatic rings. The Morgan fingerprint density at radius 1 is 1.08 bits per heavy atom. The number of rotatable bonds is 6. The van der Waals surface area contributed by atoms with Gasteiger partial charge in [0.1, 0.15) is 22.4 Å². The van der Waals surface area contributed by atoms with E-state index in [0.29, 0.717) is 34.2 Å². The molecule has 0 saturated heterocycles. The fourth-order valence-electron chi connectivity index (χ4n) is 3.70. The molecule has 0 bridgehead atoms. The lowest BCUT2D eigenvalue weighted by molar-refractivity contribution is 0.0688. The third-order valence-electron chi connectivity index (χ3n) is 5.45. The standard InChI is InChI=1S/C26H25BrFN5O3/c1-14-8-17(31-22(28)9-14)13-36-21-10-16(3)33(24(34)23(21)27)20-11-19(30-12-15(20)2)18-6-7-29-25(32-18)26(4,5)35/h6-12,35H,13H2,1-5H3. The van der Waals surface area contributed by atoms with E-state index in [1.54, 1.807) is 68.9 Å². The molecule has 0 aliphatic heterocycles. The van der Waals surface area contributed by atoms with Crippen molar-refractivity contribution in [1.82, 2.24) is 24.5 Å². The summed E-state index contributed by atoms with van der Waals surface area (Å²) in [7, 11) is 0. The van der Waals surface area contributed by atoms with Crippen molar-refractivity contribution in [2.45, 2.75) is 46.8 Å². The molecule has 1 N–H and O–H groups in total. The summed E-state index contributed by atoms with van der Waals surface area (Å²) in [6.45, 7) is 8.65. The van der Waals surface area contributed by atoms with E-state index in [1.165, 1.54) is 6.07 Å². The van der Waals surface area contributed by atoms with Crippen LogP contribution in [-0.2, 0) is 12.2 Å². The highest BCUT2D eigenvalue weighted by Crippen LogP contribution is 2.27. The minimum Gasteiger partial charge on any atom is -0.486 e. The van der Waals surface area contributed by atoms with Crippen LogP contribution in [0.5, 0.6) is 5.75 Å². The first-order valence-corrected chi connectivity index (χ1v) is 11.9. The lowest BCUT2D eigenvalue weighted by Crippen LogP contribution is -2.23. The SMILES string of the molecule is Cc1cc(F)nc(COc2cc(C)n(-c3cc(-c4ccnc(C(C)(C)O)n4)ncc3C)c(=O)c2Br)c1. The predicted molar refractivity (Wildman–Crippen MR) is 137 cm³/mol. The van der Waals surface area contributed by atoms with Crippen molar-refractivity contribution in [2.24, 2.45) is 0 Å². The quantitative estimate of drug-likeness (QED) is 0.344. The van der Waals surface area contributed by atoms with Gasteiger partial charge in [0.2, 0.25) is 5.95 Å². The van der Waals surface area contributed by atoms with Crippen LogP contribution in [0, 0.1) is 26.7 Å². The molecule has 36 heavy (non-hydrogen) atoms. The summed E-state index contributed by atoms with van der Waals surface area (Å²) in [5.74, 6) is 0.0149. The second-order valence-electron chi connectivity index (χ2n) is 9.03. The first-order valence-electron chi connectivity index (χ1n) is 11.2. The van der Waals surface area contributed by atoms with Crippen LogP contribution in [0.1, 0.15) is 42.2 Å². The summed E-state index contributed by atoms with van der Waals surface area (Å²) in [6, 6.07) is 8.26. The van der Waals surface area contributed by atoms with Crippen LogP contribution in [0.15, 0.2) is 52.0 Å². The average Bonchev–Trinajstić information content (AvgIpc) is 2.80. The van der Waals surface area contributed by atoms with Crippen LogP contribution in [0.4, 0.5) is 4.39 Å². The number of aryl methyl sites for hydroxylation is 3. The number of aliphatic hydroxyl groups is 1. The summed E-state index contributed by atoms with van der Waals surface area (Å²) in [6.07, 6.45) is 3.23. The molecule has 0 saturated carbocycles. The molecule has 0 radical (unpaired) electrons. The molecule has 4 aromatic heterocycles. The van der Waals surface area contributed by atoms with E-state index in [2.05, 4.69) is 35.9 Å². The zero-order chi connectivity index (χ0) is 26.2. The first kappa shape index (κ1) is 25.6. The second kappa shape index (κ2) is 9.87. The van der Waals surface area contributed by atoms with Crippen molar-refractivity contribution in [3.05, 3.63) is 91.8 Å². The van der Waals surface area contributed by atoms with Gasteiger partial charge in [-0.3, -0.25) is 14.3 Å². The van der Waals surface area contributed by atoms with Crippen LogP contribution in [-0.4, -0.2) is 29.6 Å². The van der Waals surface area contributed by atoms with Gasteiger partial charge in [0.25, 0.3) is 5.56 Å². The van der Waals surface area contributed by atoms with Gasteiger partial charge in [0, 0.05) is 24.2 Å². The maximum atomic E-state index is 13.6. The van der Waals surface area contributed by atoms with Gasteiger partial charge in [0.15, 0.2) is 5.82 Å². The minimum absolute atomic E-state index is 0.00970. The number of hydrogen-bond acceptors (Lipinski definition) is 7. The van der Waals surface area contributed by atoms with E-state index in [4.69, 9.17) is 4.74 Å². The van der Waals surface area contributed by atoms with Crippen LogP contribution in [0.3, 0.4) is 0 Å². The van der Waals surface area contributed by atoms with Gasteiger partial charge in [-0.05, 0) is 85.9 Å². The number of halogens is 2. The predicted octanol–water partition coefficient (Wildman–Crippen LogP) is 4.72. The Morgan fingerprint density at radius 3 is 2.53 bits per heavy atom. The molecule has 0 spiro atoms. The van der Waals surface area contributed by atoms with E-state index < -0.39 is 11.5 Å². The van der Waals surface area contributed by atoms with Crippen molar-refractivity contribution in [3.8, 4) is 22.8 Å². The van der Waals surface area contributed by atoms with Crippen molar-refractivity contribution < 1.29 is 14.2 Å². The molecule has 10 heteroatoms. The molecular weight excluding hydrogens is 529 g/mol. The van der Waals surface area contributed by atoms with Crippen molar-refractivity contribution in [3.63, 3.8) is 0 Å². The van der Waals surface area contributed by atoms with Gasteiger partial charge in [0.05, 0.1) is 22.8 Å². The minimum atomic E-state index is -1.21. The monoisotopic (exact) mass is 553 g/mol. The van der Waals surface area contributed by atoms with Gasteiger partial charge < -0.3 is 9.84 Å². The Hall–Kier alpha value is -3.50. The van der Waals surface area contributed by atoms with Gasteiger partial charge in [-0.1, -0.05) is 0 Å². The number of hydrogen-bond donors (Lipinski definition) is 1. The van der Waals surface area contributed by atoms with Crippen LogP contribution < -0.4 is 10.3 Å². The molecule has 4 heterocycles. The second-order valence-corrected chi connectivity index (χ2v) is 9.83. The van der Waals surface area contributed by atoms with Crippen LogP contribution in [0.25, 0.3) is 17.1 Å². The van der Waals surface area contributed by atoms with Crippen LogP contribution in [0.2, 0.25) is 0 Å². The summed E-state index contributed by atoms with van der Waals surface area (Å²) in [4.78, 5) is 30.3. The topological polar surface area (TPSA) is 103 Å². The zero-order valence-electron chi connectivity index (χ0n) is 20.5. The fourth-order valence-corrected chi connectivity index (χ4v) is 4.10. The highest BCUT2D eigenvalue weighted by molar-refractivity contribution is 9.10. The Balaban J connectivity index is 1.72. The lowest BCUT2D eigenvalue weighted by atomic mass is 10.1. The fraction of sp³-hybridized carbons (Fsp3) is 0.269. The molecule has 0 aromatic carbocycles. The number of nitrogens with zero attached hydrogens (tertiary/aromatic N) is 5. The van der Waals surface area contributed by atoms with E-state index in [1.807, 2.05) is 6.92 Å². The van der Waals surface area contributed by atoms with Gasteiger partial charge in [-0.15, -0.1) is 0 Å². The van der Waals surface area contributed by atoms with E-state index >= 15 is 0 Å². The van der Waals surface area contributed by atoms with E-state index in [9.17, 15) is 14.3 Å². The lowest BCUT2D eigenvalue weighted by Gasteiger charge is -2.18. The van der Waals surface area contributed by atoms with Gasteiger partial charge >= 0.3 is 0 Å². The molecule has 0 aliphatic rings. The van der Waals surface area contributed by atoms with Gasteiger partial charge in [-0.25, -0.2) is 15.0 Å². The molecular formula is C26H25BrFN5O3. The summed E-state index contributed by atoms with van der Waals surface area (Å²) >= 11 is 3.37. The molecule has 186 valence electrons. The Kier molecular flexibility index (Phi) is 7.01.